The Hall–Kier alpha value is -1.12. The summed E-state index contributed by atoms with van der Waals surface area (Å²) in [6.45, 7) is 2.30. The van der Waals surface area contributed by atoms with Crippen LogP contribution in [0.2, 0.25) is 0 Å². The second-order valence-electron chi connectivity index (χ2n) is 7.56. The number of rotatable bonds is 12. The van der Waals surface area contributed by atoms with Crippen LogP contribution in [0.1, 0.15) is 110 Å². The first-order valence-electron chi connectivity index (χ1n) is 10.6. The Kier molecular flexibility index (Phi) is 13.3. The number of hydrogen-bond donors (Lipinski definition) is 0. The van der Waals surface area contributed by atoms with Crippen LogP contribution in [0.3, 0.4) is 0 Å². The van der Waals surface area contributed by atoms with Gasteiger partial charge in [0, 0.05) is 6.08 Å². The highest BCUT2D eigenvalue weighted by Crippen LogP contribution is 2.31. The molecular formula is C22H38O3. The molecule has 0 saturated heterocycles. The van der Waals surface area contributed by atoms with Crippen molar-refractivity contribution in [2.45, 2.75) is 110 Å². The maximum Gasteiger partial charge on any atom is 0.318 e. The van der Waals surface area contributed by atoms with E-state index in [-0.39, 0.29) is 12.2 Å². The van der Waals surface area contributed by atoms with Crippen LogP contribution >= 0.6 is 0 Å². The van der Waals surface area contributed by atoms with Crippen LogP contribution in [0.25, 0.3) is 0 Å². The van der Waals surface area contributed by atoms with Crippen LogP contribution < -0.4 is 0 Å². The summed E-state index contributed by atoms with van der Waals surface area (Å²) in [6.07, 6.45) is 24.6. The highest BCUT2D eigenvalue weighted by molar-refractivity contribution is 6.03. The molecule has 144 valence electrons. The molecule has 0 bridgehead atoms. The Morgan fingerprint density at radius 2 is 1.44 bits per heavy atom. The monoisotopic (exact) mass is 350 g/mol. The van der Waals surface area contributed by atoms with E-state index >= 15 is 0 Å². The van der Waals surface area contributed by atoms with Gasteiger partial charge in [0.2, 0.25) is 0 Å². The van der Waals surface area contributed by atoms with Crippen molar-refractivity contribution in [2.24, 2.45) is 5.92 Å². The fourth-order valence-corrected chi connectivity index (χ4v) is 3.31. The lowest BCUT2D eigenvalue weighted by molar-refractivity contribution is -0.141. The first-order valence-corrected chi connectivity index (χ1v) is 10.6. The topological polar surface area (TPSA) is 43.4 Å². The summed E-state index contributed by atoms with van der Waals surface area (Å²) < 4.78 is 4.31. The van der Waals surface area contributed by atoms with Gasteiger partial charge in [0.05, 0.1) is 6.26 Å². The Balaban J connectivity index is 0.000000324. The van der Waals surface area contributed by atoms with Gasteiger partial charge in [-0.2, -0.15) is 0 Å². The van der Waals surface area contributed by atoms with Gasteiger partial charge >= 0.3 is 5.97 Å². The Labute approximate surface area is 154 Å². The van der Waals surface area contributed by atoms with Crippen molar-refractivity contribution >= 4 is 11.8 Å². The van der Waals surface area contributed by atoms with E-state index in [2.05, 4.69) is 11.7 Å². The highest BCUT2D eigenvalue weighted by atomic mass is 16.5. The summed E-state index contributed by atoms with van der Waals surface area (Å²) in [5.41, 5.74) is 0. The standard InChI is InChI=1S/C17H34.C5H4O3/c1-2-3-4-5-6-7-8-9-10-11-12-14-17-15-13-16-17;6-4-1-2-8-5(7)3-4/h17H,2-16H2,1H3;1-2H,3H2. The zero-order valence-electron chi connectivity index (χ0n) is 16.3. The molecule has 0 radical (unpaired) electrons. The summed E-state index contributed by atoms with van der Waals surface area (Å²) in [4.78, 5) is 20.5. The molecule has 0 spiro atoms. The van der Waals surface area contributed by atoms with Crippen LogP contribution in [-0.4, -0.2) is 11.8 Å². The molecule has 0 aromatic carbocycles. The first kappa shape index (κ1) is 21.9. The van der Waals surface area contributed by atoms with Crippen molar-refractivity contribution in [2.75, 3.05) is 0 Å². The molecular weight excluding hydrogens is 312 g/mol. The van der Waals surface area contributed by atoms with Gasteiger partial charge in [-0.3, -0.25) is 9.59 Å². The second-order valence-corrected chi connectivity index (χ2v) is 7.56. The molecule has 1 saturated carbocycles. The number of ketones is 1. The molecule has 2 aliphatic rings. The molecule has 0 atom stereocenters. The number of allylic oxidation sites excluding steroid dienone is 1. The molecule has 3 heteroatoms. The number of carbonyl (C=O) groups is 2. The first-order chi connectivity index (χ1) is 12.2. The van der Waals surface area contributed by atoms with E-state index in [1.165, 1.54) is 102 Å². The minimum Gasteiger partial charge on any atom is -0.434 e. The third-order valence-electron chi connectivity index (χ3n) is 5.21. The molecule has 25 heavy (non-hydrogen) atoms. The van der Waals surface area contributed by atoms with Crippen molar-refractivity contribution in [3.05, 3.63) is 12.3 Å². The molecule has 0 aromatic rings. The van der Waals surface area contributed by atoms with Crippen LogP contribution in [-0.2, 0) is 14.3 Å². The highest BCUT2D eigenvalue weighted by Gasteiger charge is 2.15. The lowest BCUT2D eigenvalue weighted by Crippen LogP contribution is -2.10. The average Bonchev–Trinajstić information content (AvgIpc) is 2.54. The Bertz CT molecular complexity index is 383. The van der Waals surface area contributed by atoms with Gasteiger partial charge in [0.25, 0.3) is 0 Å². The molecule has 3 nitrogen and oxygen atoms in total. The maximum atomic E-state index is 10.3. The fraction of sp³-hybridized carbons (Fsp3) is 0.818. The van der Waals surface area contributed by atoms with E-state index in [0.717, 1.165) is 12.2 Å². The normalized spacial score (nSPS) is 16.8. The summed E-state index contributed by atoms with van der Waals surface area (Å²) in [5.74, 6) is 0.465. The van der Waals surface area contributed by atoms with Crippen molar-refractivity contribution in [1.82, 2.24) is 0 Å². The third kappa shape index (κ3) is 12.8. The van der Waals surface area contributed by atoms with Gasteiger partial charge in [-0.1, -0.05) is 103 Å². The molecule has 0 unspecified atom stereocenters. The Morgan fingerprint density at radius 1 is 0.880 bits per heavy atom. The molecule has 1 aliphatic carbocycles. The van der Waals surface area contributed by atoms with Crippen LogP contribution in [0, 0.1) is 5.92 Å². The molecule has 1 fully saturated rings. The van der Waals surface area contributed by atoms with Crippen LogP contribution in [0.15, 0.2) is 12.3 Å². The number of unbranched alkanes of at least 4 members (excludes halogenated alkanes) is 10. The van der Waals surface area contributed by atoms with Crippen LogP contribution in [0.5, 0.6) is 0 Å². The van der Waals surface area contributed by atoms with Crippen LogP contribution in [0.4, 0.5) is 0 Å². The van der Waals surface area contributed by atoms with E-state index in [1.54, 1.807) is 0 Å². The molecule has 2 rings (SSSR count). The lowest BCUT2D eigenvalue weighted by Gasteiger charge is -2.24. The minimum absolute atomic E-state index is 0.115. The smallest absolute Gasteiger partial charge is 0.318 e. The summed E-state index contributed by atoms with van der Waals surface area (Å²) in [7, 11) is 0. The van der Waals surface area contributed by atoms with E-state index in [0.29, 0.717) is 0 Å². The van der Waals surface area contributed by atoms with Gasteiger partial charge in [0.1, 0.15) is 6.42 Å². The van der Waals surface area contributed by atoms with E-state index in [1.807, 2.05) is 0 Å². The van der Waals surface area contributed by atoms with E-state index in [4.69, 9.17) is 0 Å². The molecule has 0 amide bonds. The van der Waals surface area contributed by atoms with Gasteiger partial charge in [-0.15, -0.1) is 0 Å². The van der Waals surface area contributed by atoms with Crippen molar-refractivity contribution in [1.29, 1.82) is 0 Å². The third-order valence-corrected chi connectivity index (χ3v) is 5.21. The summed E-state index contributed by atoms with van der Waals surface area (Å²) >= 11 is 0. The SMILES string of the molecule is CCCCCCCCCCCCCC1CCC1.O=C1C=COC(=O)C1. The van der Waals surface area contributed by atoms with E-state index < -0.39 is 5.97 Å². The number of cyclic esters (lactones) is 1. The molecule has 1 heterocycles. The van der Waals surface area contributed by atoms with E-state index in [9.17, 15) is 9.59 Å². The fourth-order valence-electron chi connectivity index (χ4n) is 3.31. The van der Waals surface area contributed by atoms with Gasteiger partial charge in [0.15, 0.2) is 5.78 Å². The minimum atomic E-state index is -0.475. The predicted octanol–water partition coefficient (Wildman–Crippen LogP) is 6.50. The number of hydrogen-bond acceptors (Lipinski definition) is 3. The maximum absolute atomic E-state index is 10.3. The van der Waals surface area contributed by atoms with Gasteiger partial charge in [-0.05, 0) is 5.92 Å². The van der Waals surface area contributed by atoms with Gasteiger partial charge < -0.3 is 4.74 Å². The number of esters is 1. The quantitative estimate of drug-likeness (QED) is 0.229. The number of ether oxygens (including phenoxy) is 1. The Morgan fingerprint density at radius 3 is 1.84 bits per heavy atom. The summed E-state index contributed by atoms with van der Waals surface area (Å²) in [6, 6.07) is 0. The second kappa shape index (κ2) is 15.2. The zero-order valence-corrected chi connectivity index (χ0v) is 16.3. The lowest BCUT2D eigenvalue weighted by atomic mass is 9.81. The van der Waals surface area contributed by atoms with Crippen molar-refractivity contribution in [3.63, 3.8) is 0 Å². The molecule has 1 aliphatic heterocycles. The number of carbonyl (C=O) groups excluding carboxylic acids is 2. The molecule has 0 aromatic heterocycles. The largest absolute Gasteiger partial charge is 0.434 e. The summed E-state index contributed by atoms with van der Waals surface area (Å²) in [5, 5.41) is 0. The van der Waals surface area contributed by atoms with Gasteiger partial charge in [-0.25, -0.2) is 0 Å². The zero-order chi connectivity index (χ0) is 18.2. The van der Waals surface area contributed by atoms with Crippen molar-refractivity contribution in [3.8, 4) is 0 Å². The van der Waals surface area contributed by atoms with Crippen molar-refractivity contribution < 1.29 is 14.3 Å². The average molecular weight is 351 g/mol. The molecule has 0 N–H and O–H groups in total. The predicted molar refractivity (Wildman–Crippen MR) is 103 cm³/mol.